The van der Waals surface area contributed by atoms with Crippen LogP contribution in [0.3, 0.4) is 0 Å². The molecule has 1 aromatic heterocycles. The van der Waals surface area contributed by atoms with E-state index in [2.05, 4.69) is 0 Å². The van der Waals surface area contributed by atoms with E-state index in [1.165, 1.54) is 6.07 Å². The minimum atomic E-state index is -1.09. The number of aromatic carboxylic acids is 1. The molecule has 2 aromatic carbocycles. The van der Waals surface area contributed by atoms with Gasteiger partial charge in [-0.3, -0.25) is 4.79 Å². The largest absolute Gasteiger partial charge is 0.478 e. The van der Waals surface area contributed by atoms with E-state index in [4.69, 9.17) is 0 Å². The number of carbonyl (C=O) groups is 1. The van der Waals surface area contributed by atoms with Crippen molar-refractivity contribution in [3.05, 3.63) is 82.1 Å². The van der Waals surface area contributed by atoms with Crippen LogP contribution in [0.1, 0.15) is 15.9 Å². The first-order valence-corrected chi connectivity index (χ1v) is 6.56. The minimum absolute atomic E-state index is 0.0416. The topological polar surface area (TPSA) is 59.3 Å². The van der Waals surface area contributed by atoms with Crippen molar-refractivity contribution in [2.75, 3.05) is 0 Å². The predicted octanol–water partition coefficient (Wildman–Crippen LogP) is 2.75. The van der Waals surface area contributed by atoms with Gasteiger partial charge in [0.2, 0.25) is 0 Å². The molecular weight excluding hydrogens is 266 g/mol. The van der Waals surface area contributed by atoms with Crippen molar-refractivity contribution in [1.29, 1.82) is 0 Å². The number of nitrogens with zero attached hydrogens (tertiary/aromatic N) is 1. The van der Waals surface area contributed by atoms with Crippen molar-refractivity contribution in [3.8, 4) is 0 Å². The Hall–Kier alpha value is -2.88. The smallest absolute Gasteiger partial charge is 0.336 e. The third kappa shape index (κ3) is 2.43. The lowest BCUT2D eigenvalue weighted by Gasteiger charge is -2.12. The number of hydrogen-bond acceptors (Lipinski definition) is 2. The Kier molecular flexibility index (Phi) is 3.28. The molecule has 0 aliphatic heterocycles. The molecular formula is C17H13NO3. The van der Waals surface area contributed by atoms with Gasteiger partial charge in [0.25, 0.3) is 5.56 Å². The van der Waals surface area contributed by atoms with Gasteiger partial charge in [0.15, 0.2) is 0 Å². The summed E-state index contributed by atoms with van der Waals surface area (Å²) >= 11 is 0. The molecule has 0 spiro atoms. The van der Waals surface area contributed by atoms with Crippen LogP contribution in [0.15, 0.2) is 65.5 Å². The maximum absolute atomic E-state index is 12.3. The van der Waals surface area contributed by atoms with Crippen molar-refractivity contribution < 1.29 is 9.90 Å². The van der Waals surface area contributed by atoms with Gasteiger partial charge in [-0.05, 0) is 11.6 Å². The van der Waals surface area contributed by atoms with Gasteiger partial charge in [-0.1, -0.05) is 48.5 Å². The van der Waals surface area contributed by atoms with Crippen LogP contribution in [0, 0.1) is 0 Å². The normalized spacial score (nSPS) is 10.7. The molecule has 4 heteroatoms. The Morgan fingerprint density at radius 1 is 1.00 bits per heavy atom. The van der Waals surface area contributed by atoms with Crippen LogP contribution < -0.4 is 5.56 Å². The lowest BCUT2D eigenvalue weighted by atomic mass is 10.1. The number of fused-ring (bicyclic) bond motifs is 1. The SMILES string of the molecule is O=C(O)c1cc(=O)n(Cc2ccccc2)c2ccccc12. The quantitative estimate of drug-likeness (QED) is 0.802. The molecule has 0 unspecified atom stereocenters. The highest BCUT2D eigenvalue weighted by molar-refractivity contribution is 6.02. The van der Waals surface area contributed by atoms with E-state index in [0.29, 0.717) is 17.4 Å². The average molecular weight is 279 g/mol. The second kappa shape index (κ2) is 5.25. The van der Waals surface area contributed by atoms with Gasteiger partial charge >= 0.3 is 5.97 Å². The molecule has 1 N–H and O–H groups in total. The summed E-state index contributed by atoms with van der Waals surface area (Å²) in [5.74, 6) is -1.09. The number of para-hydroxylation sites is 1. The summed E-state index contributed by atoms with van der Waals surface area (Å²) in [5, 5.41) is 9.81. The second-order valence-electron chi connectivity index (χ2n) is 4.79. The van der Waals surface area contributed by atoms with E-state index < -0.39 is 5.97 Å². The van der Waals surface area contributed by atoms with Crippen LogP contribution >= 0.6 is 0 Å². The van der Waals surface area contributed by atoms with Crippen molar-refractivity contribution in [1.82, 2.24) is 4.57 Å². The molecule has 0 aliphatic rings. The summed E-state index contributed by atoms with van der Waals surface area (Å²) < 4.78 is 1.59. The number of benzene rings is 2. The minimum Gasteiger partial charge on any atom is -0.478 e. The van der Waals surface area contributed by atoms with Gasteiger partial charge in [0.05, 0.1) is 17.6 Å². The fraction of sp³-hybridized carbons (Fsp3) is 0.0588. The number of hydrogen-bond donors (Lipinski definition) is 1. The fourth-order valence-corrected chi connectivity index (χ4v) is 2.44. The zero-order valence-corrected chi connectivity index (χ0v) is 11.2. The molecule has 0 atom stereocenters. The average Bonchev–Trinajstić information content (AvgIpc) is 2.50. The summed E-state index contributed by atoms with van der Waals surface area (Å²) in [4.78, 5) is 23.6. The van der Waals surface area contributed by atoms with Gasteiger partial charge in [0.1, 0.15) is 0 Å². The van der Waals surface area contributed by atoms with E-state index in [0.717, 1.165) is 5.56 Å². The summed E-state index contributed by atoms with van der Waals surface area (Å²) in [6.45, 7) is 0.417. The van der Waals surface area contributed by atoms with Crippen molar-refractivity contribution in [2.45, 2.75) is 6.54 Å². The lowest BCUT2D eigenvalue weighted by Crippen LogP contribution is -2.22. The van der Waals surface area contributed by atoms with Crippen molar-refractivity contribution in [2.24, 2.45) is 0 Å². The molecule has 0 fully saturated rings. The molecule has 0 amide bonds. The highest BCUT2D eigenvalue weighted by atomic mass is 16.4. The number of carboxylic acid groups (broad SMARTS) is 1. The molecule has 0 saturated heterocycles. The third-order valence-electron chi connectivity index (χ3n) is 3.43. The maximum Gasteiger partial charge on any atom is 0.336 e. The zero-order chi connectivity index (χ0) is 14.8. The fourth-order valence-electron chi connectivity index (χ4n) is 2.44. The molecule has 1 heterocycles. The molecule has 4 nitrogen and oxygen atoms in total. The summed E-state index contributed by atoms with van der Waals surface area (Å²) in [5.41, 5.74) is 1.36. The highest BCUT2D eigenvalue weighted by Gasteiger charge is 2.13. The second-order valence-corrected chi connectivity index (χ2v) is 4.79. The van der Waals surface area contributed by atoms with Gasteiger partial charge in [-0.25, -0.2) is 4.79 Å². The first-order valence-electron chi connectivity index (χ1n) is 6.56. The van der Waals surface area contributed by atoms with Gasteiger partial charge in [0, 0.05) is 11.5 Å². The van der Waals surface area contributed by atoms with E-state index in [-0.39, 0.29) is 11.1 Å². The first-order chi connectivity index (χ1) is 10.2. The van der Waals surface area contributed by atoms with Gasteiger partial charge in [-0.2, -0.15) is 0 Å². The van der Waals surface area contributed by atoms with Gasteiger partial charge < -0.3 is 9.67 Å². The van der Waals surface area contributed by atoms with Crippen LogP contribution in [0.4, 0.5) is 0 Å². The molecule has 3 rings (SSSR count). The van der Waals surface area contributed by atoms with Crippen LogP contribution in [0.2, 0.25) is 0 Å². The van der Waals surface area contributed by atoms with E-state index >= 15 is 0 Å². The number of carboxylic acids is 1. The van der Waals surface area contributed by atoms with Crippen LogP contribution in [0.5, 0.6) is 0 Å². The zero-order valence-electron chi connectivity index (χ0n) is 11.2. The molecule has 104 valence electrons. The monoisotopic (exact) mass is 279 g/mol. The van der Waals surface area contributed by atoms with Gasteiger partial charge in [-0.15, -0.1) is 0 Å². The third-order valence-corrected chi connectivity index (χ3v) is 3.43. The molecule has 0 bridgehead atoms. The summed E-state index contributed by atoms with van der Waals surface area (Å²) in [7, 11) is 0. The Balaban J connectivity index is 2.24. The molecule has 0 radical (unpaired) electrons. The number of aromatic nitrogens is 1. The van der Waals surface area contributed by atoms with Crippen LogP contribution in [-0.2, 0) is 6.54 Å². The molecule has 3 aromatic rings. The number of pyridine rings is 1. The van der Waals surface area contributed by atoms with E-state index in [1.807, 2.05) is 30.3 Å². The van der Waals surface area contributed by atoms with Crippen LogP contribution in [-0.4, -0.2) is 15.6 Å². The van der Waals surface area contributed by atoms with Crippen molar-refractivity contribution in [3.63, 3.8) is 0 Å². The predicted molar refractivity (Wildman–Crippen MR) is 80.7 cm³/mol. The maximum atomic E-state index is 12.3. The Morgan fingerprint density at radius 3 is 2.38 bits per heavy atom. The molecule has 21 heavy (non-hydrogen) atoms. The number of rotatable bonds is 3. The summed E-state index contributed by atoms with van der Waals surface area (Å²) in [6, 6.07) is 17.9. The molecule has 0 aliphatic carbocycles. The van der Waals surface area contributed by atoms with Crippen molar-refractivity contribution >= 4 is 16.9 Å². The van der Waals surface area contributed by atoms with E-state index in [1.54, 1.807) is 28.8 Å². The Labute approximate surface area is 120 Å². The standard InChI is InChI=1S/C17H13NO3/c19-16-10-14(17(20)21)13-8-4-5-9-15(13)18(16)11-12-6-2-1-3-7-12/h1-10H,11H2,(H,20,21). The summed E-state index contributed by atoms with van der Waals surface area (Å²) in [6.07, 6.45) is 0. The molecule has 0 saturated carbocycles. The van der Waals surface area contributed by atoms with Crippen LogP contribution in [0.25, 0.3) is 10.9 Å². The first kappa shape index (κ1) is 13.1. The Bertz CT molecular complexity index is 866. The lowest BCUT2D eigenvalue weighted by molar-refractivity contribution is 0.0698. The highest BCUT2D eigenvalue weighted by Crippen LogP contribution is 2.17. The van der Waals surface area contributed by atoms with E-state index in [9.17, 15) is 14.7 Å². The Morgan fingerprint density at radius 2 is 1.67 bits per heavy atom.